The molecular weight excluding hydrogens is 222 g/mol. The molecule has 1 amide bonds. The maximum atomic E-state index is 11.2. The molecule has 0 aliphatic rings. The molecule has 0 atom stereocenters. The molecule has 17 heavy (non-hydrogen) atoms. The lowest BCUT2D eigenvalue weighted by molar-refractivity contribution is 0.139. The van der Waals surface area contributed by atoms with Crippen LogP contribution in [-0.4, -0.2) is 17.7 Å². The third kappa shape index (κ3) is 5.18. The molecule has 1 aromatic carbocycles. The van der Waals surface area contributed by atoms with Crippen LogP contribution in [-0.2, 0) is 11.3 Å². The Morgan fingerprint density at radius 3 is 2.82 bits per heavy atom. The van der Waals surface area contributed by atoms with Gasteiger partial charge in [-0.25, -0.2) is 4.79 Å². The Bertz CT molecular complexity index is 437. The van der Waals surface area contributed by atoms with Crippen molar-refractivity contribution >= 4 is 6.09 Å². The predicted octanol–water partition coefficient (Wildman–Crippen LogP) is 2.17. The fourth-order valence-electron chi connectivity index (χ4n) is 1.05. The second-order valence-corrected chi connectivity index (χ2v) is 3.15. The van der Waals surface area contributed by atoms with Gasteiger partial charge in [-0.2, -0.15) is 0 Å². The van der Waals surface area contributed by atoms with Crippen LogP contribution in [0.15, 0.2) is 42.3 Å². The minimum absolute atomic E-state index is 0.154. The highest BCUT2D eigenvalue weighted by molar-refractivity contribution is 5.67. The summed E-state index contributed by atoms with van der Waals surface area (Å²) < 4.78 is 4.88. The molecule has 0 unspecified atom stereocenters. The van der Waals surface area contributed by atoms with E-state index in [4.69, 9.17) is 15.2 Å². The number of hydrogen-bond donors (Lipinski definition) is 2. The van der Waals surface area contributed by atoms with Gasteiger partial charge in [-0.1, -0.05) is 30.3 Å². The highest BCUT2D eigenvalue weighted by Crippen LogP contribution is 2.00. The number of carbonyl (C=O) groups excluding carboxylic acids is 1. The quantitative estimate of drug-likeness (QED) is 0.617. The Hall–Kier alpha value is -2.55. The first kappa shape index (κ1) is 12.5. The molecule has 0 fully saturated rings. The van der Waals surface area contributed by atoms with Gasteiger partial charge in [0.1, 0.15) is 6.61 Å². The van der Waals surface area contributed by atoms with E-state index in [0.29, 0.717) is 0 Å². The molecule has 0 bridgehead atoms. The average molecular weight is 234 g/mol. The van der Waals surface area contributed by atoms with Gasteiger partial charge in [-0.3, -0.25) is 0 Å². The molecule has 0 saturated carbocycles. The zero-order chi connectivity index (χ0) is 12.5. The maximum absolute atomic E-state index is 11.2. The number of nitrogens with zero attached hydrogens (tertiary/aromatic N) is 2. The minimum atomic E-state index is -0.660. The van der Waals surface area contributed by atoms with Crippen LogP contribution in [0.5, 0.6) is 0 Å². The molecule has 1 rings (SSSR count). The van der Waals surface area contributed by atoms with Gasteiger partial charge in [0.2, 0.25) is 5.39 Å². The van der Waals surface area contributed by atoms with E-state index in [1.54, 1.807) is 0 Å². The molecule has 0 aliphatic heterocycles. The fourth-order valence-corrected chi connectivity index (χ4v) is 1.05. The number of amides is 1. The first-order valence-electron chi connectivity index (χ1n) is 4.89. The second-order valence-electron chi connectivity index (χ2n) is 3.15. The van der Waals surface area contributed by atoms with Crippen LogP contribution in [0.1, 0.15) is 5.56 Å². The van der Waals surface area contributed by atoms with Crippen LogP contribution in [0.25, 0.3) is 4.98 Å². The summed E-state index contributed by atoms with van der Waals surface area (Å²) in [5, 5.41) is 19.4. The largest absolute Gasteiger partial charge is 0.504 e. The van der Waals surface area contributed by atoms with E-state index in [1.165, 1.54) is 0 Å². The average Bonchev–Trinajstić information content (AvgIpc) is 2.35. The number of rotatable bonds is 4. The number of nitrogens with one attached hydrogen (secondary N) is 1. The van der Waals surface area contributed by atoms with Crippen LogP contribution < -0.4 is 5.32 Å². The molecule has 0 aliphatic carbocycles. The van der Waals surface area contributed by atoms with Gasteiger partial charge in [0, 0.05) is 0 Å². The van der Waals surface area contributed by atoms with Gasteiger partial charge in [0.15, 0.2) is 10.7 Å². The van der Waals surface area contributed by atoms with Crippen LogP contribution in [0, 0.1) is 5.39 Å². The Labute approximate surface area is 98.1 Å². The Balaban J connectivity index is 2.27. The predicted molar refractivity (Wildman–Crippen MR) is 60.4 cm³/mol. The normalized spacial score (nSPS) is 10.4. The van der Waals surface area contributed by atoms with Crippen molar-refractivity contribution in [2.75, 3.05) is 6.54 Å². The third-order valence-corrected chi connectivity index (χ3v) is 1.83. The lowest BCUT2D eigenvalue weighted by atomic mass is 10.2. The SMILES string of the molecule is N#[N+]/C=C(/O)CNC(=O)OCc1ccccc1. The molecular formula is C11H12N3O3+. The minimum Gasteiger partial charge on any atom is -0.504 e. The first-order valence-corrected chi connectivity index (χ1v) is 4.89. The van der Waals surface area contributed by atoms with Crippen molar-refractivity contribution in [1.82, 2.24) is 5.32 Å². The van der Waals surface area contributed by atoms with E-state index >= 15 is 0 Å². The Kier molecular flexibility index (Phi) is 5.04. The van der Waals surface area contributed by atoms with Gasteiger partial charge < -0.3 is 15.2 Å². The number of hydrogen-bond acceptors (Lipinski definition) is 4. The van der Waals surface area contributed by atoms with E-state index in [2.05, 4.69) is 10.3 Å². The highest BCUT2D eigenvalue weighted by Gasteiger charge is 2.05. The van der Waals surface area contributed by atoms with Gasteiger partial charge in [0.05, 0.1) is 6.54 Å². The molecule has 1 aromatic rings. The number of diazo groups is 1. The van der Waals surface area contributed by atoms with Crippen molar-refractivity contribution in [1.29, 1.82) is 5.39 Å². The van der Waals surface area contributed by atoms with Crippen LogP contribution in [0.4, 0.5) is 4.79 Å². The molecule has 88 valence electrons. The summed E-state index contributed by atoms with van der Waals surface area (Å²) in [6.07, 6.45) is 0.157. The van der Waals surface area contributed by atoms with E-state index in [1.807, 2.05) is 30.3 Å². The molecule has 6 heteroatoms. The van der Waals surface area contributed by atoms with Gasteiger partial charge in [-0.05, 0) is 5.56 Å². The molecule has 0 aromatic heterocycles. The Morgan fingerprint density at radius 2 is 2.18 bits per heavy atom. The molecule has 0 spiro atoms. The van der Waals surface area contributed by atoms with E-state index in [0.717, 1.165) is 11.8 Å². The lowest BCUT2D eigenvalue weighted by Crippen LogP contribution is -2.26. The summed E-state index contributed by atoms with van der Waals surface area (Å²) >= 11 is 0. The second kappa shape index (κ2) is 6.85. The van der Waals surface area contributed by atoms with Crippen LogP contribution in [0.2, 0.25) is 0 Å². The lowest BCUT2D eigenvalue weighted by Gasteiger charge is -2.05. The van der Waals surface area contributed by atoms with Crippen molar-refractivity contribution in [2.24, 2.45) is 0 Å². The summed E-state index contributed by atoms with van der Waals surface area (Å²) in [5.74, 6) is -0.274. The summed E-state index contributed by atoms with van der Waals surface area (Å²) in [5.41, 5.74) is 0.868. The van der Waals surface area contributed by atoms with Crippen LogP contribution in [0.3, 0.4) is 0 Å². The molecule has 0 heterocycles. The van der Waals surface area contributed by atoms with Crippen molar-refractivity contribution in [3.63, 3.8) is 0 Å². The standard InChI is InChI=1S/C11H11N3O3/c12-14-7-10(15)6-13-11(16)17-8-9-4-2-1-3-5-9/h1-5,7H,6,8H2,(H-,13,15,16)/p+1/b10-7+. The highest BCUT2D eigenvalue weighted by atomic mass is 16.5. The fraction of sp³-hybridized carbons (Fsp3) is 0.182. The van der Waals surface area contributed by atoms with E-state index in [-0.39, 0.29) is 18.9 Å². The van der Waals surface area contributed by atoms with Crippen molar-refractivity contribution in [2.45, 2.75) is 6.61 Å². The summed E-state index contributed by atoms with van der Waals surface area (Å²) in [6, 6.07) is 9.21. The molecule has 2 N–H and O–H groups in total. The monoisotopic (exact) mass is 234 g/mol. The number of aliphatic hydroxyl groups is 1. The summed E-state index contributed by atoms with van der Waals surface area (Å²) in [4.78, 5) is 13.8. The molecule has 6 nitrogen and oxygen atoms in total. The van der Waals surface area contributed by atoms with Crippen molar-refractivity contribution < 1.29 is 14.6 Å². The van der Waals surface area contributed by atoms with Gasteiger partial charge in [0.25, 0.3) is 0 Å². The van der Waals surface area contributed by atoms with E-state index < -0.39 is 6.09 Å². The number of ether oxygens (including phenoxy) is 1. The Morgan fingerprint density at radius 1 is 1.47 bits per heavy atom. The summed E-state index contributed by atoms with van der Waals surface area (Å²) in [6.45, 7) is -0.000786. The number of carbonyl (C=O) groups is 1. The zero-order valence-electron chi connectivity index (χ0n) is 9.04. The zero-order valence-corrected chi connectivity index (χ0v) is 9.04. The van der Waals surface area contributed by atoms with Gasteiger partial charge in [-0.15, -0.1) is 0 Å². The smallest absolute Gasteiger partial charge is 0.407 e. The topological polar surface area (TPSA) is 86.7 Å². The van der Waals surface area contributed by atoms with Crippen LogP contribution >= 0.6 is 0 Å². The number of benzene rings is 1. The molecule has 0 radical (unpaired) electrons. The van der Waals surface area contributed by atoms with E-state index in [9.17, 15) is 4.79 Å². The third-order valence-electron chi connectivity index (χ3n) is 1.83. The number of aliphatic hydroxyl groups excluding tert-OH is 1. The number of alkyl carbamates (subject to hydrolysis) is 1. The maximum Gasteiger partial charge on any atom is 0.407 e. The van der Waals surface area contributed by atoms with Crippen molar-refractivity contribution in [3.05, 3.63) is 52.8 Å². The van der Waals surface area contributed by atoms with Gasteiger partial charge >= 0.3 is 12.3 Å². The molecule has 0 saturated heterocycles. The summed E-state index contributed by atoms with van der Waals surface area (Å²) in [7, 11) is 0. The van der Waals surface area contributed by atoms with Crippen molar-refractivity contribution in [3.8, 4) is 0 Å². The first-order chi connectivity index (χ1) is 8.22.